The number of aromatic nitrogens is 2. The molecule has 3 aromatic rings. The number of benzene rings is 1. The molecule has 0 atom stereocenters. The minimum atomic E-state index is -1.13. The van der Waals surface area contributed by atoms with E-state index in [1.165, 1.54) is 11.3 Å². The first-order chi connectivity index (χ1) is 12.9. The molecule has 0 spiro atoms. The monoisotopic (exact) mass is 440 g/mol. The van der Waals surface area contributed by atoms with Gasteiger partial charge in [-0.1, -0.05) is 34.8 Å². The van der Waals surface area contributed by atoms with Gasteiger partial charge in [-0.2, -0.15) is 5.10 Å². The summed E-state index contributed by atoms with van der Waals surface area (Å²) in [5.41, 5.74) is 2.44. The molecule has 9 heteroatoms. The van der Waals surface area contributed by atoms with E-state index in [-0.39, 0.29) is 12.3 Å². The molecule has 4 rings (SSSR count). The molecule has 27 heavy (non-hydrogen) atoms. The number of hydrogen-bond acceptors (Lipinski definition) is 4. The van der Waals surface area contributed by atoms with Gasteiger partial charge in [0.05, 0.1) is 34.0 Å². The Labute approximate surface area is 173 Å². The number of halogens is 3. The smallest absolute Gasteiger partial charge is 0.356 e. The lowest BCUT2D eigenvalue weighted by Gasteiger charge is -2.19. The van der Waals surface area contributed by atoms with Gasteiger partial charge in [0.2, 0.25) is 0 Å². The standard InChI is InChI=1S/C18H11Cl3N2O3S/c19-10-1-3-14(13(20)6-10)23-17-9(5-11-2-4-15(21)27-11)7-26-8-12(17)16(22-23)18(24)25/h1-6H,7-8H2,(H,24,25). The number of nitrogens with zero attached hydrogens (tertiary/aromatic N) is 2. The SMILES string of the molecule is O=C(O)c1nn(-c2ccc(Cl)cc2Cl)c2c1COCC2=Cc1ccc(Cl)s1. The fourth-order valence-electron chi connectivity index (χ4n) is 2.94. The molecule has 0 saturated carbocycles. The van der Waals surface area contributed by atoms with E-state index in [4.69, 9.17) is 39.5 Å². The normalized spacial score (nSPS) is 15.1. The van der Waals surface area contributed by atoms with Gasteiger partial charge < -0.3 is 9.84 Å². The average molecular weight is 442 g/mol. The highest BCUT2D eigenvalue weighted by molar-refractivity contribution is 7.17. The molecule has 0 saturated heterocycles. The van der Waals surface area contributed by atoms with Gasteiger partial charge in [0.25, 0.3) is 0 Å². The molecule has 0 fully saturated rings. The van der Waals surface area contributed by atoms with Crippen molar-refractivity contribution in [3.63, 3.8) is 0 Å². The average Bonchev–Trinajstić information content (AvgIpc) is 3.19. The maximum Gasteiger partial charge on any atom is 0.356 e. The highest BCUT2D eigenvalue weighted by atomic mass is 35.5. The third-order valence-corrected chi connectivity index (χ3v) is 5.76. The summed E-state index contributed by atoms with van der Waals surface area (Å²) in [7, 11) is 0. The lowest BCUT2D eigenvalue weighted by Crippen LogP contribution is -2.13. The first-order valence-electron chi connectivity index (χ1n) is 7.78. The number of carboxylic acid groups (broad SMARTS) is 1. The Hall–Kier alpha value is -1.83. The first-order valence-corrected chi connectivity index (χ1v) is 9.73. The molecule has 1 aliphatic heterocycles. The second kappa shape index (κ2) is 7.30. The van der Waals surface area contributed by atoms with E-state index in [1.807, 2.05) is 12.1 Å². The number of fused-ring (bicyclic) bond motifs is 1. The van der Waals surface area contributed by atoms with Crippen LogP contribution in [0.15, 0.2) is 30.3 Å². The molecule has 2 aromatic heterocycles. The third-order valence-electron chi connectivity index (χ3n) is 4.04. The van der Waals surface area contributed by atoms with Crippen LogP contribution in [0.25, 0.3) is 17.3 Å². The van der Waals surface area contributed by atoms with E-state index < -0.39 is 5.97 Å². The van der Waals surface area contributed by atoms with Crippen molar-refractivity contribution < 1.29 is 14.6 Å². The number of thiophene rings is 1. The zero-order valence-corrected chi connectivity index (χ0v) is 16.7. The van der Waals surface area contributed by atoms with Gasteiger partial charge in [-0.15, -0.1) is 11.3 Å². The molecular formula is C18H11Cl3N2O3S. The Balaban J connectivity index is 1.95. The summed E-state index contributed by atoms with van der Waals surface area (Å²) < 4.78 is 7.82. The van der Waals surface area contributed by atoms with Crippen LogP contribution < -0.4 is 0 Å². The van der Waals surface area contributed by atoms with Crippen LogP contribution in [0.3, 0.4) is 0 Å². The van der Waals surface area contributed by atoms with Crippen molar-refractivity contribution in [2.24, 2.45) is 0 Å². The summed E-state index contributed by atoms with van der Waals surface area (Å²) in [6.45, 7) is 0.475. The first kappa shape index (κ1) is 18.5. The largest absolute Gasteiger partial charge is 0.476 e. The Morgan fingerprint density at radius 3 is 2.70 bits per heavy atom. The van der Waals surface area contributed by atoms with Gasteiger partial charge in [-0.25, -0.2) is 9.48 Å². The topological polar surface area (TPSA) is 64.3 Å². The van der Waals surface area contributed by atoms with Crippen LogP contribution in [-0.2, 0) is 11.3 Å². The molecular weight excluding hydrogens is 431 g/mol. The van der Waals surface area contributed by atoms with Crippen LogP contribution in [0.1, 0.15) is 26.6 Å². The van der Waals surface area contributed by atoms with Crippen LogP contribution in [0.2, 0.25) is 14.4 Å². The molecule has 5 nitrogen and oxygen atoms in total. The van der Waals surface area contributed by atoms with Crippen LogP contribution in [0.4, 0.5) is 0 Å². The second-order valence-corrected chi connectivity index (χ2v) is 8.38. The molecule has 0 bridgehead atoms. The highest BCUT2D eigenvalue weighted by Gasteiger charge is 2.29. The minimum Gasteiger partial charge on any atom is -0.476 e. The van der Waals surface area contributed by atoms with E-state index in [0.29, 0.717) is 37.9 Å². The van der Waals surface area contributed by atoms with Crippen molar-refractivity contribution in [3.05, 3.63) is 66.5 Å². The summed E-state index contributed by atoms with van der Waals surface area (Å²) >= 11 is 19.8. The predicted octanol–water partition coefficient (Wildman–Crippen LogP) is 5.66. The van der Waals surface area contributed by atoms with Crippen molar-refractivity contribution in [1.29, 1.82) is 0 Å². The summed E-state index contributed by atoms with van der Waals surface area (Å²) in [5, 5.41) is 14.7. The van der Waals surface area contributed by atoms with E-state index in [9.17, 15) is 9.90 Å². The van der Waals surface area contributed by atoms with Crippen LogP contribution in [0.5, 0.6) is 0 Å². The molecule has 0 amide bonds. The fraction of sp³-hybridized carbons (Fsp3) is 0.111. The van der Waals surface area contributed by atoms with Crippen molar-refractivity contribution >= 4 is 63.8 Å². The lowest BCUT2D eigenvalue weighted by atomic mass is 10.0. The molecule has 0 aliphatic carbocycles. The molecule has 0 radical (unpaired) electrons. The van der Waals surface area contributed by atoms with Crippen molar-refractivity contribution in [1.82, 2.24) is 9.78 Å². The van der Waals surface area contributed by atoms with E-state index >= 15 is 0 Å². The van der Waals surface area contributed by atoms with Crippen molar-refractivity contribution in [2.45, 2.75) is 6.61 Å². The fourth-order valence-corrected chi connectivity index (χ4v) is 4.45. The van der Waals surface area contributed by atoms with Gasteiger partial charge in [0.15, 0.2) is 5.69 Å². The summed E-state index contributed by atoms with van der Waals surface area (Å²) in [4.78, 5) is 12.6. The summed E-state index contributed by atoms with van der Waals surface area (Å²) in [6, 6.07) is 8.67. The van der Waals surface area contributed by atoms with Gasteiger partial charge in [-0.3, -0.25) is 0 Å². The minimum absolute atomic E-state index is 0.0640. The molecule has 138 valence electrons. The molecule has 1 aromatic carbocycles. The number of carbonyl (C=O) groups is 1. The van der Waals surface area contributed by atoms with Crippen LogP contribution >= 0.6 is 46.1 Å². The van der Waals surface area contributed by atoms with Gasteiger partial charge in [0.1, 0.15) is 0 Å². The maximum atomic E-state index is 11.7. The Bertz CT molecular complexity index is 1090. The molecule has 1 N–H and O–H groups in total. The number of rotatable bonds is 3. The molecule has 1 aliphatic rings. The summed E-state index contributed by atoms with van der Waals surface area (Å²) in [5.74, 6) is -1.13. The predicted molar refractivity (Wildman–Crippen MR) is 107 cm³/mol. The summed E-state index contributed by atoms with van der Waals surface area (Å²) in [6.07, 6.45) is 1.92. The number of hydrogen-bond donors (Lipinski definition) is 1. The van der Waals surface area contributed by atoms with Gasteiger partial charge in [-0.05, 0) is 36.4 Å². The zero-order valence-electron chi connectivity index (χ0n) is 13.6. The Morgan fingerprint density at radius 1 is 1.22 bits per heavy atom. The van der Waals surface area contributed by atoms with Gasteiger partial charge >= 0.3 is 5.97 Å². The van der Waals surface area contributed by atoms with Crippen molar-refractivity contribution in [2.75, 3.05) is 6.61 Å². The number of aromatic carboxylic acids is 1. The third kappa shape index (κ3) is 3.51. The van der Waals surface area contributed by atoms with E-state index in [1.54, 1.807) is 28.9 Å². The molecule has 0 unspecified atom stereocenters. The van der Waals surface area contributed by atoms with Gasteiger partial charge in [0, 0.05) is 21.0 Å². The Morgan fingerprint density at radius 2 is 2.04 bits per heavy atom. The molecule has 3 heterocycles. The van der Waals surface area contributed by atoms with E-state index in [2.05, 4.69) is 5.10 Å². The maximum absolute atomic E-state index is 11.7. The highest BCUT2D eigenvalue weighted by Crippen LogP contribution is 2.35. The van der Waals surface area contributed by atoms with Crippen LogP contribution in [0, 0.1) is 0 Å². The lowest BCUT2D eigenvalue weighted by molar-refractivity contribution is 0.0683. The quantitative estimate of drug-likeness (QED) is 0.569. The van der Waals surface area contributed by atoms with Crippen molar-refractivity contribution in [3.8, 4) is 5.69 Å². The van der Waals surface area contributed by atoms with E-state index in [0.717, 1.165) is 10.5 Å². The van der Waals surface area contributed by atoms with Crippen LogP contribution in [-0.4, -0.2) is 27.5 Å². The second-order valence-electron chi connectivity index (χ2n) is 5.79. The number of ether oxygens (including phenoxy) is 1. The zero-order chi connectivity index (χ0) is 19.1. The number of carboxylic acids is 1. The Kier molecular flexibility index (Phi) is 5.01.